The fraction of sp³-hybridized carbons (Fsp3) is 0.0400. The molecule has 3 aliphatic carbocycles. The van der Waals surface area contributed by atoms with Crippen molar-refractivity contribution in [2.75, 3.05) is 0 Å². The van der Waals surface area contributed by atoms with Crippen LogP contribution in [0.15, 0.2) is 326 Å². The molecule has 12 aromatic rings. The Morgan fingerprint density at radius 3 is 1.38 bits per heavy atom. The third-order valence-electron chi connectivity index (χ3n) is 17.3. The maximum Gasteiger partial charge on any atom is 0.179 e. The number of hydrogen-bond acceptors (Lipinski definition) is 0. The van der Waals surface area contributed by atoms with Crippen molar-refractivity contribution in [2.45, 2.75) is 18.8 Å². The summed E-state index contributed by atoms with van der Waals surface area (Å²) in [5, 5.41) is 13.4. The van der Waals surface area contributed by atoms with E-state index in [1.807, 2.05) is 0 Å². The first-order valence-corrected chi connectivity index (χ1v) is 31.4. The summed E-state index contributed by atoms with van der Waals surface area (Å²) in [6.45, 7) is 6.99. The predicted octanol–water partition coefficient (Wildman–Crippen LogP) is 13.6. The van der Waals surface area contributed by atoms with E-state index in [4.69, 9.17) is 0 Å². The van der Waals surface area contributed by atoms with E-state index < -0.39 is 16.1 Å². The monoisotopic (exact) mass is 1030 g/mol. The SMILES string of the molecule is C=C/C=C(\C1=C(C)C2c3ccccc3C1c1c2cccc1-n1c2ccccc2c2cc([Si](c3ccccc3)(c3ccccc3)c3ccccc3)ccc21)[Si](c1ccccc1)(c1ccccc1)c1ccc(-c2ccccc2)cc1. The van der Waals surface area contributed by atoms with Crippen LogP contribution in [0.25, 0.3) is 38.6 Å². The number of hydrogen-bond donors (Lipinski definition) is 0. The first-order chi connectivity index (χ1) is 38.6. The van der Waals surface area contributed by atoms with Crippen LogP contribution >= 0.6 is 0 Å². The van der Waals surface area contributed by atoms with Gasteiger partial charge in [0.25, 0.3) is 0 Å². The van der Waals surface area contributed by atoms with Gasteiger partial charge < -0.3 is 4.57 Å². The van der Waals surface area contributed by atoms with E-state index in [9.17, 15) is 0 Å². The van der Waals surface area contributed by atoms with Crippen molar-refractivity contribution in [3.8, 4) is 16.8 Å². The Hall–Kier alpha value is -9.13. The molecule has 370 valence electrons. The number of rotatable bonds is 12. The van der Waals surface area contributed by atoms with Gasteiger partial charge in [-0.15, -0.1) is 0 Å². The number of fused-ring (bicyclic) bond motifs is 3. The first-order valence-electron chi connectivity index (χ1n) is 27.4. The summed E-state index contributed by atoms with van der Waals surface area (Å²) >= 11 is 0. The van der Waals surface area contributed by atoms with Crippen LogP contribution in [0.2, 0.25) is 0 Å². The van der Waals surface area contributed by atoms with Gasteiger partial charge in [0.1, 0.15) is 0 Å². The highest BCUT2D eigenvalue weighted by molar-refractivity contribution is 7.20. The van der Waals surface area contributed by atoms with E-state index >= 15 is 0 Å². The van der Waals surface area contributed by atoms with Crippen molar-refractivity contribution >= 4 is 74.3 Å². The van der Waals surface area contributed by atoms with Crippen LogP contribution in [-0.2, 0) is 0 Å². The standard InChI is InChI=1S/C75H57NSi2/c1-3-27-71(78(59-36-18-8-19-37-59,60-38-20-9-21-39-60)61-48-46-55(47-49-61)54-28-10-4-11-29-54)73-53(2)72-64-41-22-23-42-65(64)75(73)74-66(72)43-26-45-70(74)76-68-44-25-24-40-63(68)67-52-62(50-51-69(67)76)77(56-30-12-5-13-31-56,57-32-14-6-15-33-57)58-34-16-7-17-35-58/h3-52,72,75H,1H2,2H3/b71-27+. The molecular weight excluding hydrogens is 971 g/mol. The highest BCUT2D eigenvalue weighted by Gasteiger charge is 2.51. The molecule has 2 unspecified atom stereocenters. The summed E-state index contributed by atoms with van der Waals surface area (Å²) < 4.78 is 2.61. The molecule has 0 radical (unpaired) electrons. The normalized spacial score (nSPS) is 15.1. The number of allylic oxidation sites excluding steroid dienone is 5. The van der Waals surface area contributed by atoms with Gasteiger partial charge in [-0.2, -0.15) is 0 Å². The fourth-order valence-corrected chi connectivity index (χ4v) is 24.0. The predicted molar refractivity (Wildman–Crippen MR) is 335 cm³/mol. The molecular formula is C75H57NSi2. The van der Waals surface area contributed by atoms with Crippen LogP contribution in [0.1, 0.15) is 41.0 Å². The van der Waals surface area contributed by atoms with Gasteiger partial charge in [0.15, 0.2) is 16.1 Å². The minimum Gasteiger partial charge on any atom is -0.309 e. The van der Waals surface area contributed by atoms with Gasteiger partial charge in [-0.3, -0.25) is 0 Å². The third-order valence-corrected chi connectivity index (χ3v) is 26.9. The van der Waals surface area contributed by atoms with Gasteiger partial charge >= 0.3 is 0 Å². The van der Waals surface area contributed by atoms with Crippen LogP contribution < -0.4 is 36.3 Å². The quantitative estimate of drug-likeness (QED) is 0.0653. The van der Waals surface area contributed by atoms with Crippen molar-refractivity contribution < 1.29 is 0 Å². The summed E-state index contributed by atoms with van der Waals surface area (Å²) in [4.78, 5) is 0. The molecule has 2 bridgehead atoms. The molecule has 1 nitrogen and oxygen atoms in total. The minimum absolute atomic E-state index is 0.0528. The van der Waals surface area contributed by atoms with Crippen molar-refractivity contribution in [1.82, 2.24) is 4.57 Å². The molecule has 3 heteroatoms. The van der Waals surface area contributed by atoms with Gasteiger partial charge in [-0.1, -0.05) is 297 Å². The van der Waals surface area contributed by atoms with Crippen LogP contribution in [0, 0.1) is 0 Å². The van der Waals surface area contributed by atoms with Crippen molar-refractivity contribution in [3.63, 3.8) is 0 Å². The molecule has 0 N–H and O–H groups in total. The molecule has 0 saturated heterocycles. The molecule has 78 heavy (non-hydrogen) atoms. The zero-order valence-corrected chi connectivity index (χ0v) is 45.7. The van der Waals surface area contributed by atoms with Crippen molar-refractivity contribution in [2.24, 2.45) is 0 Å². The number of nitrogens with zero attached hydrogens (tertiary/aromatic N) is 1. The highest BCUT2D eigenvalue weighted by atomic mass is 28.3. The molecule has 0 amide bonds. The maximum absolute atomic E-state index is 4.55. The molecule has 1 aromatic heterocycles. The second kappa shape index (κ2) is 19.5. The van der Waals surface area contributed by atoms with E-state index in [0.29, 0.717) is 0 Å². The highest BCUT2D eigenvalue weighted by Crippen LogP contribution is 2.59. The number of benzene rings is 11. The van der Waals surface area contributed by atoms with Crippen molar-refractivity contribution in [1.29, 1.82) is 0 Å². The zero-order valence-electron chi connectivity index (χ0n) is 43.7. The summed E-state index contributed by atoms with van der Waals surface area (Å²) in [7, 11) is -5.99. The van der Waals surface area contributed by atoms with Crippen LogP contribution in [0.5, 0.6) is 0 Å². The van der Waals surface area contributed by atoms with Crippen LogP contribution in [0.3, 0.4) is 0 Å². The third kappa shape index (κ3) is 7.19. The Kier molecular flexibility index (Phi) is 11.8. The molecule has 0 saturated carbocycles. The second-order valence-electron chi connectivity index (χ2n) is 21.0. The molecule has 2 atom stereocenters. The smallest absolute Gasteiger partial charge is 0.179 e. The molecule has 0 fully saturated rings. The Morgan fingerprint density at radius 2 is 0.821 bits per heavy atom. The Morgan fingerprint density at radius 1 is 0.385 bits per heavy atom. The van der Waals surface area contributed by atoms with Crippen molar-refractivity contribution in [3.05, 3.63) is 349 Å². The molecule has 0 spiro atoms. The lowest BCUT2D eigenvalue weighted by atomic mass is 9.60. The Balaban J connectivity index is 1.03. The molecule has 0 aliphatic heterocycles. The largest absolute Gasteiger partial charge is 0.309 e. The minimum atomic E-state index is -3.16. The zero-order chi connectivity index (χ0) is 52.2. The van der Waals surface area contributed by atoms with E-state index in [1.54, 1.807) is 0 Å². The Labute approximate surface area is 460 Å². The molecule has 11 aromatic carbocycles. The summed E-state index contributed by atoms with van der Waals surface area (Å²) in [5.74, 6) is -0.0201. The summed E-state index contributed by atoms with van der Waals surface area (Å²) in [6.07, 6.45) is 4.48. The lowest BCUT2D eigenvalue weighted by Gasteiger charge is -2.48. The topological polar surface area (TPSA) is 4.93 Å². The average molecular weight is 1030 g/mol. The Bertz CT molecular complexity index is 4120. The molecule has 3 aliphatic rings. The molecule has 15 rings (SSSR count). The maximum atomic E-state index is 4.55. The lowest BCUT2D eigenvalue weighted by Crippen LogP contribution is -2.74. The first kappa shape index (κ1) is 47.3. The number of para-hydroxylation sites is 1. The molecule has 1 heterocycles. The van der Waals surface area contributed by atoms with E-state index in [2.05, 4.69) is 321 Å². The summed E-state index contributed by atoms with van der Waals surface area (Å²) in [5.41, 5.74) is 14.5. The number of aromatic nitrogens is 1. The van der Waals surface area contributed by atoms with Gasteiger partial charge in [-0.05, 0) is 106 Å². The lowest BCUT2D eigenvalue weighted by molar-refractivity contribution is 0.734. The van der Waals surface area contributed by atoms with Gasteiger partial charge in [0.05, 0.1) is 16.7 Å². The van der Waals surface area contributed by atoms with E-state index in [1.165, 1.54) is 114 Å². The fourth-order valence-electron chi connectivity index (χ4n) is 14.2. The second-order valence-corrected chi connectivity index (χ2v) is 28.6. The van der Waals surface area contributed by atoms with E-state index in [0.717, 1.165) is 0 Å². The van der Waals surface area contributed by atoms with Gasteiger partial charge in [0, 0.05) is 22.6 Å². The van der Waals surface area contributed by atoms with E-state index in [-0.39, 0.29) is 11.8 Å². The van der Waals surface area contributed by atoms with Gasteiger partial charge in [-0.25, -0.2) is 0 Å². The van der Waals surface area contributed by atoms with Gasteiger partial charge in [0.2, 0.25) is 0 Å². The average Bonchev–Trinajstić information content (AvgIpc) is 3.97. The van der Waals surface area contributed by atoms with Crippen LogP contribution in [-0.4, -0.2) is 20.7 Å². The summed E-state index contributed by atoms with van der Waals surface area (Å²) in [6, 6.07) is 110. The van der Waals surface area contributed by atoms with Crippen LogP contribution in [0.4, 0.5) is 0 Å².